The highest BCUT2D eigenvalue weighted by molar-refractivity contribution is 7.89. The van der Waals surface area contributed by atoms with Crippen LogP contribution in [0.15, 0.2) is 53.4 Å². The van der Waals surface area contributed by atoms with Gasteiger partial charge in [-0.25, -0.2) is 13.1 Å². The van der Waals surface area contributed by atoms with Crippen LogP contribution >= 0.6 is 0 Å². The number of methoxy groups -OCH3 is 1. The van der Waals surface area contributed by atoms with Crippen LogP contribution in [0.5, 0.6) is 5.75 Å². The van der Waals surface area contributed by atoms with Gasteiger partial charge in [-0.1, -0.05) is 12.1 Å². The molecule has 0 bridgehead atoms. The van der Waals surface area contributed by atoms with E-state index in [1.165, 1.54) is 12.1 Å². The molecule has 6 nitrogen and oxygen atoms in total. The first-order valence-corrected chi connectivity index (χ1v) is 9.24. The molecule has 1 saturated heterocycles. The molecule has 1 fully saturated rings. The van der Waals surface area contributed by atoms with Gasteiger partial charge < -0.3 is 15.4 Å². The number of ether oxygens (including phenoxy) is 1. The van der Waals surface area contributed by atoms with Crippen molar-refractivity contribution >= 4 is 21.4 Å². The Morgan fingerprint density at radius 2 is 1.88 bits per heavy atom. The fraction of sp³-hybridized carbons (Fsp3) is 0.294. The van der Waals surface area contributed by atoms with Gasteiger partial charge in [0, 0.05) is 24.8 Å². The van der Waals surface area contributed by atoms with Gasteiger partial charge in [0.05, 0.1) is 17.7 Å². The van der Waals surface area contributed by atoms with E-state index in [4.69, 9.17) is 10.5 Å². The van der Waals surface area contributed by atoms with Crippen molar-refractivity contribution in [3.05, 3.63) is 48.5 Å². The number of nitrogen functional groups attached to an aromatic ring is 1. The summed E-state index contributed by atoms with van der Waals surface area (Å²) in [5, 5.41) is 0. The third-order valence-corrected chi connectivity index (χ3v) is 5.66. The molecule has 2 aromatic rings. The maximum absolute atomic E-state index is 12.5. The highest BCUT2D eigenvalue weighted by Crippen LogP contribution is 2.30. The second-order valence-corrected chi connectivity index (χ2v) is 7.51. The van der Waals surface area contributed by atoms with Gasteiger partial charge in [0.2, 0.25) is 10.0 Å². The molecule has 7 heteroatoms. The first-order chi connectivity index (χ1) is 11.5. The Bertz CT molecular complexity index is 806. The zero-order valence-corrected chi connectivity index (χ0v) is 14.3. The van der Waals surface area contributed by atoms with E-state index in [0.717, 1.165) is 24.4 Å². The zero-order chi connectivity index (χ0) is 17.2. The van der Waals surface area contributed by atoms with E-state index in [-0.39, 0.29) is 10.9 Å². The molecule has 1 aliphatic rings. The molecule has 3 N–H and O–H groups in total. The van der Waals surface area contributed by atoms with Crippen molar-refractivity contribution in [3.63, 3.8) is 0 Å². The van der Waals surface area contributed by atoms with Crippen molar-refractivity contribution in [2.45, 2.75) is 17.4 Å². The number of sulfonamides is 1. The van der Waals surface area contributed by atoms with Crippen LogP contribution in [-0.4, -0.2) is 34.7 Å². The van der Waals surface area contributed by atoms with Crippen molar-refractivity contribution in [1.82, 2.24) is 4.72 Å². The molecule has 0 saturated carbocycles. The minimum absolute atomic E-state index is 0.141. The average molecular weight is 347 g/mol. The molecular formula is C17H21N3O3S. The van der Waals surface area contributed by atoms with E-state index >= 15 is 0 Å². The summed E-state index contributed by atoms with van der Waals surface area (Å²) in [4.78, 5) is 2.36. The van der Waals surface area contributed by atoms with Crippen LogP contribution in [0.3, 0.4) is 0 Å². The first kappa shape index (κ1) is 16.6. The van der Waals surface area contributed by atoms with Gasteiger partial charge in [-0.3, -0.25) is 0 Å². The fourth-order valence-electron chi connectivity index (χ4n) is 2.90. The first-order valence-electron chi connectivity index (χ1n) is 7.75. The maximum Gasteiger partial charge on any atom is 0.240 e. The third kappa shape index (κ3) is 3.47. The highest BCUT2D eigenvalue weighted by Gasteiger charge is 2.28. The SMILES string of the molecule is COc1ccccc1N1CC[C@@H](NS(=O)(=O)c2ccc(N)cc2)C1. The summed E-state index contributed by atoms with van der Waals surface area (Å²) < 4.78 is 33.1. The minimum Gasteiger partial charge on any atom is -0.495 e. The average Bonchev–Trinajstić information content (AvgIpc) is 3.02. The monoisotopic (exact) mass is 347 g/mol. The number of nitrogens with zero attached hydrogens (tertiary/aromatic N) is 1. The molecule has 0 unspecified atom stereocenters. The molecule has 0 aliphatic carbocycles. The Labute approximate surface area is 142 Å². The number of anilines is 2. The van der Waals surface area contributed by atoms with Gasteiger partial charge >= 0.3 is 0 Å². The lowest BCUT2D eigenvalue weighted by Gasteiger charge is -2.21. The Morgan fingerprint density at radius 1 is 1.17 bits per heavy atom. The van der Waals surface area contributed by atoms with Gasteiger partial charge in [-0.2, -0.15) is 0 Å². The summed E-state index contributed by atoms with van der Waals surface area (Å²) >= 11 is 0. The molecule has 0 radical (unpaired) electrons. The van der Waals surface area contributed by atoms with Gasteiger partial charge in [-0.15, -0.1) is 0 Å². The predicted octanol–water partition coefficient (Wildman–Crippen LogP) is 1.83. The van der Waals surface area contributed by atoms with Crippen LogP contribution in [0, 0.1) is 0 Å². The van der Waals surface area contributed by atoms with E-state index in [0.29, 0.717) is 12.2 Å². The van der Waals surface area contributed by atoms with Crippen LogP contribution in [0.2, 0.25) is 0 Å². The third-order valence-electron chi connectivity index (χ3n) is 4.13. The second-order valence-electron chi connectivity index (χ2n) is 5.79. The molecule has 0 spiro atoms. The Balaban J connectivity index is 1.71. The molecule has 24 heavy (non-hydrogen) atoms. The normalized spacial score (nSPS) is 17.9. The Kier molecular flexibility index (Phi) is 4.64. The van der Waals surface area contributed by atoms with Crippen LogP contribution in [-0.2, 0) is 10.0 Å². The second kappa shape index (κ2) is 6.70. The lowest BCUT2D eigenvalue weighted by molar-refractivity contribution is 0.415. The molecule has 3 rings (SSSR count). The Hall–Kier alpha value is -2.25. The number of benzene rings is 2. The predicted molar refractivity (Wildman–Crippen MR) is 94.8 cm³/mol. The van der Waals surface area contributed by atoms with Crippen molar-refractivity contribution < 1.29 is 13.2 Å². The van der Waals surface area contributed by atoms with Crippen LogP contribution in [0.1, 0.15) is 6.42 Å². The largest absolute Gasteiger partial charge is 0.495 e. The number of hydrogen-bond donors (Lipinski definition) is 2. The highest BCUT2D eigenvalue weighted by atomic mass is 32.2. The van der Waals surface area contributed by atoms with Crippen LogP contribution < -0.4 is 20.1 Å². The Morgan fingerprint density at radius 3 is 2.58 bits per heavy atom. The lowest BCUT2D eigenvalue weighted by Crippen LogP contribution is -2.37. The molecule has 0 amide bonds. The van der Waals surface area contributed by atoms with Crippen molar-refractivity contribution in [2.24, 2.45) is 0 Å². The summed E-state index contributed by atoms with van der Waals surface area (Å²) in [5.74, 6) is 0.791. The summed E-state index contributed by atoms with van der Waals surface area (Å²) in [6, 6.07) is 13.8. The molecule has 1 atom stereocenters. The summed E-state index contributed by atoms with van der Waals surface area (Å²) in [6.07, 6.45) is 0.742. The zero-order valence-electron chi connectivity index (χ0n) is 13.5. The number of rotatable bonds is 5. The van der Waals surface area contributed by atoms with Gasteiger partial charge in [-0.05, 0) is 42.8 Å². The van der Waals surface area contributed by atoms with Crippen LogP contribution in [0.4, 0.5) is 11.4 Å². The van der Waals surface area contributed by atoms with Crippen molar-refractivity contribution in [2.75, 3.05) is 30.8 Å². The lowest BCUT2D eigenvalue weighted by atomic mass is 10.2. The molecule has 1 aliphatic heterocycles. The van der Waals surface area contributed by atoms with Gasteiger partial charge in [0.1, 0.15) is 5.75 Å². The minimum atomic E-state index is -3.55. The van der Waals surface area contributed by atoms with E-state index < -0.39 is 10.0 Å². The molecule has 0 aromatic heterocycles. The molecular weight excluding hydrogens is 326 g/mol. The summed E-state index contributed by atoms with van der Waals surface area (Å²) in [5.41, 5.74) is 7.13. The van der Waals surface area contributed by atoms with Gasteiger partial charge in [0.25, 0.3) is 0 Å². The number of hydrogen-bond acceptors (Lipinski definition) is 5. The molecule has 128 valence electrons. The number of nitrogens with one attached hydrogen (secondary N) is 1. The van der Waals surface area contributed by atoms with E-state index in [2.05, 4.69) is 9.62 Å². The number of nitrogens with two attached hydrogens (primary N) is 1. The van der Waals surface area contributed by atoms with E-state index in [9.17, 15) is 8.42 Å². The van der Waals surface area contributed by atoms with Gasteiger partial charge in [0.15, 0.2) is 0 Å². The summed E-state index contributed by atoms with van der Waals surface area (Å²) in [6.45, 7) is 1.38. The maximum atomic E-state index is 12.5. The number of para-hydroxylation sites is 2. The molecule has 2 aromatic carbocycles. The van der Waals surface area contributed by atoms with Crippen LogP contribution in [0.25, 0.3) is 0 Å². The fourth-order valence-corrected chi connectivity index (χ4v) is 4.16. The quantitative estimate of drug-likeness (QED) is 0.806. The molecule has 1 heterocycles. The summed E-state index contributed by atoms with van der Waals surface area (Å²) in [7, 11) is -1.91. The topological polar surface area (TPSA) is 84.7 Å². The standard InChI is InChI=1S/C17H21N3O3S/c1-23-17-5-3-2-4-16(17)20-11-10-14(12-20)19-24(21,22)15-8-6-13(18)7-9-15/h2-9,14,19H,10-12,18H2,1H3/t14-/m1/s1. The van der Waals surface area contributed by atoms with Crippen molar-refractivity contribution in [3.8, 4) is 5.75 Å². The smallest absolute Gasteiger partial charge is 0.240 e. The van der Waals surface area contributed by atoms with E-state index in [1.807, 2.05) is 24.3 Å². The van der Waals surface area contributed by atoms with E-state index in [1.54, 1.807) is 19.2 Å². The van der Waals surface area contributed by atoms with Crippen molar-refractivity contribution in [1.29, 1.82) is 0 Å².